The van der Waals surface area contributed by atoms with Crippen molar-refractivity contribution in [1.29, 1.82) is 0 Å². The van der Waals surface area contributed by atoms with Crippen LogP contribution in [-0.2, 0) is 14.3 Å². The first-order valence-corrected chi connectivity index (χ1v) is 5.65. The van der Waals surface area contributed by atoms with Gasteiger partial charge >= 0.3 is 0 Å². The highest BCUT2D eigenvalue weighted by Gasteiger charge is 2.17. The van der Waals surface area contributed by atoms with Crippen molar-refractivity contribution < 1.29 is 12.6 Å². The van der Waals surface area contributed by atoms with Crippen LogP contribution in [-0.4, -0.2) is 27.3 Å². The van der Waals surface area contributed by atoms with Gasteiger partial charge in [0.25, 0.3) is 10.1 Å². The normalized spacial score (nSPS) is 13.2. The van der Waals surface area contributed by atoms with Crippen LogP contribution in [0.2, 0.25) is 0 Å². The van der Waals surface area contributed by atoms with Gasteiger partial charge in [-0.3, -0.25) is 15.5 Å². The number of nitrogens with two attached hydrogens (primary N) is 1. The van der Waals surface area contributed by atoms with Gasteiger partial charge < -0.3 is 0 Å². The Morgan fingerprint density at radius 3 is 2.31 bits per heavy atom. The maximum absolute atomic E-state index is 11.1. The summed E-state index contributed by atoms with van der Waals surface area (Å²) in [7, 11) is -3.42. The van der Waals surface area contributed by atoms with Crippen LogP contribution >= 0.6 is 0 Å². The molecular formula is C7H18N2O3S. The molecule has 0 amide bonds. The van der Waals surface area contributed by atoms with Gasteiger partial charge in [0, 0.05) is 6.54 Å². The molecule has 0 fully saturated rings. The van der Waals surface area contributed by atoms with E-state index in [1.165, 1.54) is 0 Å². The highest BCUT2D eigenvalue weighted by molar-refractivity contribution is 7.86. The predicted molar refractivity (Wildman–Crippen MR) is 51.4 cm³/mol. The maximum Gasteiger partial charge on any atom is 0.268 e. The van der Waals surface area contributed by atoms with Gasteiger partial charge in [0.05, 0.1) is 12.4 Å². The van der Waals surface area contributed by atoms with Crippen LogP contribution in [0.3, 0.4) is 0 Å². The zero-order valence-corrected chi connectivity index (χ0v) is 9.15. The second kappa shape index (κ2) is 4.90. The van der Waals surface area contributed by atoms with Crippen LogP contribution in [0, 0.1) is 5.41 Å². The average Bonchev–Trinajstić information content (AvgIpc) is 1.97. The Kier molecular flexibility index (Phi) is 4.83. The fraction of sp³-hybridized carbons (Fsp3) is 1.00. The molecule has 0 aromatic carbocycles. The largest absolute Gasteiger partial charge is 0.271 e. The molecule has 6 heteroatoms. The third-order valence-corrected chi connectivity index (χ3v) is 2.35. The smallest absolute Gasteiger partial charge is 0.268 e. The summed E-state index contributed by atoms with van der Waals surface area (Å²) < 4.78 is 27.0. The van der Waals surface area contributed by atoms with Crippen LogP contribution in [0.4, 0.5) is 0 Å². The summed E-state index contributed by atoms with van der Waals surface area (Å²) in [6, 6.07) is 0. The molecule has 0 aliphatic carbocycles. The first-order chi connectivity index (χ1) is 5.77. The van der Waals surface area contributed by atoms with Gasteiger partial charge in [-0.15, -0.1) is 0 Å². The molecule has 0 atom stereocenters. The molecule has 0 radical (unpaired) electrons. The van der Waals surface area contributed by atoms with Gasteiger partial charge in [-0.1, -0.05) is 20.8 Å². The molecule has 0 saturated heterocycles. The Balaban J connectivity index is 3.91. The standard InChI is InChI=1S/C7H18N2O3S/c1-7(2,3)6-12-13(10,11)5-4-9-8/h9H,4-6,8H2,1-3H3. The van der Waals surface area contributed by atoms with Crippen molar-refractivity contribution in [2.45, 2.75) is 20.8 Å². The Bertz CT molecular complexity index is 231. The zero-order chi connectivity index (χ0) is 10.5. The van der Waals surface area contributed by atoms with Gasteiger partial charge in [-0.05, 0) is 5.41 Å². The summed E-state index contributed by atoms with van der Waals surface area (Å²) in [5.41, 5.74) is 2.11. The van der Waals surface area contributed by atoms with Crippen LogP contribution in [0.5, 0.6) is 0 Å². The molecule has 0 heterocycles. The SMILES string of the molecule is CC(C)(C)COS(=O)(=O)CCNN. The van der Waals surface area contributed by atoms with E-state index in [9.17, 15) is 8.42 Å². The molecule has 5 nitrogen and oxygen atoms in total. The molecule has 0 aromatic heterocycles. The van der Waals surface area contributed by atoms with Gasteiger partial charge in [0.15, 0.2) is 0 Å². The van der Waals surface area contributed by atoms with Crippen LogP contribution in [0.1, 0.15) is 20.8 Å². The van der Waals surface area contributed by atoms with Crippen molar-refractivity contribution in [3.05, 3.63) is 0 Å². The van der Waals surface area contributed by atoms with Crippen LogP contribution in [0.15, 0.2) is 0 Å². The molecule has 80 valence electrons. The third-order valence-electron chi connectivity index (χ3n) is 1.17. The lowest BCUT2D eigenvalue weighted by Gasteiger charge is -2.17. The van der Waals surface area contributed by atoms with Crippen molar-refractivity contribution in [2.24, 2.45) is 11.3 Å². The fourth-order valence-corrected chi connectivity index (χ4v) is 1.53. The minimum Gasteiger partial charge on any atom is -0.271 e. The highest BCUT2D eigenvalue weighted by atomic mass is 32.2. The Morgan fingerprint density at radius 2 is 1.92 bits per heavy atom. The first-order valence-electron chi connectivity index (χ1n) is 4.07. The minimum atomic E-state index is -3.42. The second-order valence-electron chi connectivity index (χ2n) is 4.04. The van der Waals surface area contributed by atoms with Gasteiger partial charge in [-0.25, -0.2) is 0 Å². The number of hydrogen-bond acceptors (Lipinski definition) is 5. The van der Waals surface area contributed by atoms with Crippen molar-refractivity contribution >= 4 is 10.1 Å². The highest BCUT2D eigenvalue weighted by Crippen LogP contribution is 2.14. The van der Waals surface area contributed by atoms with E-state index >= 15 is 0 Å². The summed E-state index contributed by atoms with van der Waals surface area (Å²) >= 11 is 0. The molecule has 0 aliphatic rings. The summed E-state index contributed by atoms with van der Waals surface area (Å²) in [6.07, 6.45) is 0. The topological polar surface area (TPSA) is 81.4 Å². The lowest BCUT2D eigenvalue weighted by Crippen LogP contribution is -2.30. The van der Waals surface area contributed by atoms with Gasteiger partial charge in [0.1, 0.15) is 0 Å². The molecule has 0 rings (SSSR count). The lowest BCUT2D eigenvalue weighted by atomic mass is 9.99. The second-order valence-corrected chi connectivity index (χ2v) is 5.80. The summed E-state index contributed by atoms with van der Waals surface area (Å²) in [5, 5.41) is 0. The van der Waals surface area contributed by atoms with Gasteiger partial charge in [0.2, 0.25) is 0 Å². The summed E-state index contributed by atoms with van der Waals surface area (Å²) in [6.45, 7) is 6.11. The molecule has 0 saturated carbocycles. The summed E-state index contributed by atoms with van der Waals surface area (Å²) in [5.74, 6) is 4.85. The number of hydrazine groups is 1. The Hall–Kier alpha value is -0.170. The molecular weight excluding hydrogens is 192 g/mol. The molecule has 0 aromatic rings. The molecule has 0 bridgehead atoms. The average molecular weight is 210 g/mol. The van der Waals surface area contributed by atoms with E-state index in [0.717, 1.165) is 0 Å². The van der Waals surface area contributed by atoms with E-state index in [1.807, 2.05) is 20.8 Å². The molecule has 0 spiro atoms. The molecule has 0 aliphatic heterocycles. The van der Waals surface area contributed by atoms with E-state index in [-0.39, 0.29) is 24.3 Å². The van der Waals surface area contributed by atoms with E-state index in [2.05, 4.69) is 5.43 Å². The number of rotatable bonds is 5. The maximum atomic E-state index is 11.1. The first kappa shape index (κ1) is 12.8. The third kappa shape index (κ3) is 8.17. The van der Waals surface area contributed by atoms with Crippen molar-refractivity contribution in [3.63, 3.8) is 0 Å². The lowest BCUT2D eigenvalue weighted by molar-refractivity contribution is 0.203. The van der Waals surface area contributed by atoms with Crippen LogP contribution < -0.4 is 11.3 Å². The van der Waals surface area contributed by atoms with E-state index in [0.29, 0.717) is 0 Å². The van der Waals surface area contributed by atoms with Crippen molar-refractivity contribution in [3.8, 4) is 0 Å². The predicted octanol–water partition coefficient (Wildman–Crippen LogP) is -0.158. The van der Waals surface area contributed by atoms with E-state index in [1.54, 1.807) is 0 Å². The Morgan fingerprint density at radius 1 is 1.38 bits per heavy atom. The monoisotopic (exact) mass is 210 g/mol. The fourth-order valence-electron chi connectivity index (χ4n) is 0.509. The molecule has 0 unspecified atom stereocenters. The van der Waals surface area contributed by atoms with Crippen molar-refractivity contribution in [2.75, 3.05) is 18.9 Å². The summed E-state index contributed by atoms with van der Waals surface area (Å²) in [4.78, 5) is 0. The van der Waals surface area contributed by atoms with E-state index in [4.69, 9.17) is 10.0 Å². The molecule has 3 N–H and O–H groups in total. The number of hydrogen-bond donors (Lipinski definition) is 2. The Labute approximate surface area is 79.7 Å². The minimum absolute atomic E-state index is 0.0976. The molecule has 13 heavy (non-hydrogen) atoms. The zero-order valence-electron chi connectivity index (χ0n) is 8.33. The van der Waals surface area contributed by atoms with Crippen molar-refractivity contribution in [1.82, 2.24) is 5.43 Å². The van der Waals surface area contributed by atoms with Gasteiger partial charge in [-0.2, -0.15) is 8.42 Å². The van der Waals surface area contributed by atoms with Crippen LogP contribution in [0.25, 0.3) is 0 Å². The van der Waals surface area contributed by atoms with E-state index < -0.39 is 10.1 Å². The quantitative estimate of drug-likeness (QED) is 0.374. The number of nitrogens with one attached hydrogen (secondary N) is 1.